The van der Waals surface area contributed by atoms with E-state index in [-0.39, 0.29) is 0 Å². The molecule has 3 rings (SSSR count). The molecule has 10 heteroatoms. The van der Waals surface area contributed by atoms with Crippen molar-refractivity contribution in [3.05, 3.63) is 64.7 Å². The third kappa shape index (κ3) is 4.13. The van der Waals surface area contributed by atoms with Gasteiger partial charge < -0.3 is 0 Å². The van der Waals surface area contributed by atoms with E-state index in [9.17, 15) is 34.8 Å². The van der Waals surface area contributed by atoms with E-state index in [1.165, 1.54) is 12.1 Å². The van der Waals surface area contributed by atoms with E-state index in [4.69, 9.17) is 0 Å². The molecule has 0 spiro atoms. The van der Waals surface area contributed by atoms with Crippen molar-refractivity contribution in [1.82, 2.24) is 4.31 Å². The molecule has 0 amide bonds. The molecular formula is C19H17F6NO2S. The van der Waals surface area contributed by atoms with Gasteiger partial charge in [-0.05, 0) is 30.5 Å². The lowest BCUT2D eigenvalue weighted by atomic mass is 9.95. The van der Waals surface area contributed by atoms with Gasteiger partial charge in [-0.2, -0.15) is 4.31 Å². The molecule has 0 heterocycles. The molecule has 0 unspecified atom stereocenters. The van der Waals surface area contributed by atoms with Crippen molar-refractivity contribution in [3.8, 4) is 0 Å². The Morgan fingerprint density at radius 1 is 0.759 bits per heavy atom. The Labute approximate surface area is 164 Å². The van der Waals surface area contributed by atoms with E-state index >= 15 is 0 Å². The molecule has 1 fully saturated rings. The summed E-state index contributed by atoms with van der Waals surface area (Å²) in [5.41, 5.74) is 0.310. The van der Waals surface area contributed by atoms with Crippen molar-refractivity contribution >= 4 is 10.0 Å². The molecule has 3 nitrogen and oxygen atoms in total. The predicted molar refractivity (Wildman–Crippen MR) is 92.2 cm³/mol. The summed E-state index contributed by atoms with van der Waals surface area (Å²) in [5.74, 6) is -12.5. The van der Waals surface area contributed by atoms with Crippen LogP contribution in [0.25, 0.3) is 0 Å². The summed E-state index contributed by atoms with van der Waals surface area (Å²) in [6.07, 6.45) is 2.88. The Kier molecular flexibility index (Phi) is 6.23. The van der Waals surface area contributed by atoms with Crippen LogP contribution in [0.2, 0.25) is 0 Å². The second-order valence-corrected chi connectivity index (χ2v) is 8.69. The van der Waals surface area contributed by atoms with Crippen LogP contribution in [0.4, 0.5) is 26.3 Å². The molecule has 2 aromatic rings. The van der Waals surface area contributed by atoms with Gasteiger partial charge in [-0.3, -0.25) is 0 Å². The zero-order valence-electron chi connectivity index (χ0n) is 15.1. The number of rotatable bonds is 5. The Morgan fingerprint density at radius 3 is 1.76 bits per heavy atom. The van der Waals surface area contributed by atoms with Gasteiger partial charge in [0, 0.05) is 12.6 Å². The van der Waals surface area contributed by atoms with Crippen LogP contribution in [-0.4, -0.2) is 18.8 Å². The fourth-order valence-electron chi connectivity index (χ4n) is 3.48. The summed E-state index contributed by atoms with van der Waals surface area (Å²) in [4.78, 5) is -1.87. The molecule has 2 aromatic carbocycles. The normalized spacial score (nSPS) is 15.8. The van der Waals surface area contributed by atoms with Gasteiger partial charge in [0.15, 0.2) is 28.2 Å². The molecule has 0 aliphatic heterocycles. The fraction of sp³-hybridized carbons (Fsp3) is 0.368. The molecule has 158 valence electrons. The van der Waals surface area contributed by atoms with E-state index in [1.807, 2.05) is 0 Å². The summed E-state index contributed by atoms with van der Waals surface area (Å²) in [5, 5.41) is 0. The Hall–Kier alpha value is -2.07. The predicted octanol–water partition coefficient (Wildman–Crippen LogP) is 5.04. The Bertz CT molecular complexity index is 975. The lowest BCUT2D eigenvalue weighted by Gasteiger charge is -2.33. The summed E-state index contributed by atoms with van der Waals surface area (Å²) in [7, 11) is -5.09. The van der Waals surface area contributed by atoms with Gasteiger partial charge in [-0.1, -0.05) is 31.4 Å². The number of hydrogen-bond donors (Lipinski definition) is 0. The molecule has 0 radical (unpaired) electrons. The van der Waals surface area contributed by atoms with Crippen LogP contribution in [0.1, 0.15) is 37.7 Å². The minimum Gasteiger partial charge on any atom is -0.207 e. The van der Waals surface area contributed by atoms with Crippen molar-refractivity contribution in [1.29, 1.82) is 0 Å². The van der Waals surface area contributed by atoms with Crippen LogP contribution >= 0.6 is 0 Å². The van der Waals surface area contributed by atoms with Gasteiger partial charge in [0.05, 0.1) is 0 Å². The lowest BCUT2D eigenvalue weighted by Crippen LogP contribution is -2.41. The number of sulfonamides is 1. The van der Waals surface area contributed by atoms with Gasteiger partial charge in [-0.15, -0.1) is 0 Å². The minimum atomic E-state index is -5.09. The number of hydrogen-bond acceptors (Lipinski definition) is 2. The first-order valence-corrected chi connectivity index (χ1v) is 10.4. The number of benzene rings is 2. The molecule has 29 heavy (non-hydrogen) atoms. The van der Waals surface area contributed by atoms with Crippen LogP contribution in [0.3, 0.4) is 0 Å². The Morgan fingerprint density at radius 2 is 1.24 bits per heavy atom. The van der Waals surface area contributed by atoms with Gasteiger partial charge >= 0.3 is 0 Å². The molecule has 0 saturated heterocycles. The maximum atomic E-state index is 14.2. The van der Waals surface area contributed by atoms with Gasteiger partial charge in [0.2, 0.25) is 15.8 Å². The topological polar surface area (TPSA) is 37.4 Å². The van der Waals surface area contributed by atoms with Crippen molar-refractivity contribution in [2.45, 2.75) is 49.6 Å². The van der Waals surface area contributed by atoms with Gasteiger partial charge in [0.25, 0.3) is 0 Å². The minimum absolute atomic E-state index is 0.310. The maximum absolute atomic E-state index is 14.2. The van der Waals surface area contributed by atoms with Crippen LogP contribution in [0.5, 0.6) is 0 Å². The van der Waals surface area contributed by atoms with E-state index in [0.717, 1.165) is 22.9 Å². The van der Waals surface area contributed by atoms with Crippen LogP contribution in [0.15, 0.2) is 29.2 Å². The third-order valence-electron chi connectivity index (χ3n) is 4.97. The summed E-state index contributed by atoms with van der Waals surface area (Å²) in [6.45, 7) is -0.396. The van der Waals surface area contributed by atoms with Gasteiger partial charge in [0.1, 0.15) is 5.82 Å². The van der Waals surface area contributed by atoms with Crippen LogP contribution in [0, 0.1) is 34.9 Å². The molecular weight excluding hydrogens is 420 g/mol. The standard InChI is InChI=1S/C19H17F6NO2S/c20-12-8-6-11(7-9-12)10-26(13-4-2-1-3-5-13)29(27,28)19-17(24)15(22)14(21)16(23)18(19)25/h6-9,13H,1-5,10H2. The fourth-order valence-corrected chi connectivity index (χ4v) is 5.27. The van der Waals surface area contributed by atoms with Crippen molar-refractivity contribution in [3.63, 3.8) is 0 Å². The van der Waals surface area contributed by atoms with E-state index in [1.54, 1.807) is 0 Å². The summed E-state index contributed by atoms with van der Waals surface area (Å²) < 4.78 is 109. The molecule has 0 atom stereocenters. The second-order valence-electron chi connectivity index (χ2n) is 6.87. The van der Waals surface area contributed by atoms with E-state index in [0.29, 0.717) is 31.2 Å². The molecule has 0 N–H and O–H groups in total. The molecule has 0 aromatic heterocycles. The lowest BCUT2D eigenvalue weighted by molar-refractivity contribution is 0.244. The molecule has 1 aliphatic carbocycles. The highest BCUT2D eigenvalue weighted by Crippen LogP contribution is 2.34. The summed E-state index contributed by atoms with van der Waals surface area (Å²) in [6, 6.07) is 4.06. The highest BCUT2D eigenvalue weighted by molar-refractivity contribution is 7.89. The number of halogens is 6. The molecule has 1 saturated carbocycles. The van der Waals surface area contributed by atoms with Gasteiger partial charge in [-0.25, -0.2) is 34.8 Å². The maximum Gasteiger partial charge on any atom is 0.249 e. The SMILES string of the molecule is O=S(=O)(c1c(F)c(F)c(F)c(F)c1F)N(Cc1ccc(F)cc1)C1CCCCC1. The van der Waals surface area contributed by atoms with Crippen LogP contribution in [-0.2, 0) is 16.6 Å². The number of nitrogens with zero attached hydrogens (tertiary/aromatic N) is 1. The van der Waals surface area contributed by atoms with Crippen LogP contribution < -0.4 is 0 Å². The molecule has 1 aliphatic rings. The van der Waals surface area contributed by atoms with E-state index in [2.05, 4.69) is 0 Å². The quantitative estimate of drug-likeness (QED) is 0.373. The zero-order chi connectivity index (χ0) is 21.3. The zero-order valence-corrected chi connectivity index (χ0v) is 15.9. The average molecular weight is 437 g/mol. The third-order valence-corrected chi connectivity index (χ3v) is 6.89. The second kappa shape index (κ2) is 8.35. The highest BCUT2D eigenvalue weighted by Gasteiger charge is 2.40. The summed E-state index contributed by atoms with van der Waals surface area (Å²) >= 11 is 0. The monoisotopic (exact) mass is 437 g/mol. The first-order valence-electron chi connectivity index (χ1n) is 8.92. The highest BCUT2D eigenvalue weighted by atomic mass is 32.2. The largest absolute Gasteiger partial charge is 0.249 e. The average Bonchev–Trinajstić information content (AvgIpc) is 2.70. The first kappa shape index (κ1) is 21.6. The van der Waals surface area contributed by atoms with Crippen molar-refractivity contribution in [2.24, 2.45) is 0 Å². The Balaban J connectivity index is 2.12. The van der Waals surface area contributed by atoms with E-state index < -0.39 is 62.4 Å². The van der Waals surface area contributed by atoms with Crippen molar-refractivity contribution < 1.29 is 34.8 Å². The smallest absolute Gasteiger partial charge is 0.207 e. The molecule has 0 bridgehead atoms. The first-order chi connectivity index (χ1) is 13.6. The van der Waals surface area contributed by atoms with Crippen molar-refractivity contribution in [2.75, 3.05) is 0 Å².